The third kappa shape index (κ3) is 78.5. The van der Waals surface area contributed by atoms with E-state index in [4.69, 9.17) is 75.8 Å². The number of Topliss-reactive ketones (excluding diaryl/α,β-unsaturated/α-hetero) is 1. The van der Waals surface area contributed by atoms with Gasteiger partial charge >= 0.3 is 0 Å². The molecule has 0 aromatic rings. The third-order valence-corrected chi connectivity index (χ3v) is 16.0. The number of rotatable bonds is 86. The molecule has 0 saturated carbocycles. The summed E-state index contributed by atoms with van der Waals surface area (Å²) in [6, 6.07) is -3.29. The molecule has 0 heterocycles. The van der Waals surface area contributed by atoms with Crippen molar-refractivity contribution >= 4 is 76.7 Å². The van der Waals surface area contributed by atoms with E-state index in [2.05, 4.69) is 63.8 Å². The smallest absolute Gasteiger partial charge is 0.246 e. The van der Waals surface area contributed by atoms with Crippen molar-refractivity contribution in [1.29, 1.82) is 0 Å². The molecule has 0 aliphatic rings. The highest BCUT2D eigenvalue weighted by Gasteiger charge is 2.27. The predicted octanol–water partition coefficient (Wildman–Crippen LogP) is -2.87. The maximum atomic E-state index is 14.4. The molecule has 0 aromatic heterocycles. The van der Waals surface area contributed by atoms with E-state index < -0.39 is 47.7 Å². The van der Waals surface area contributed by atoms with Gasteiger partial charge < -0.3 is 140 Å². The topological polar surface area (TPSA) is 514 Å². The van der Waals surface area contributed by atoms with Crippen LogP contribution in [0.25, 0.3) is 0 Å². The van der Waals surface area contributed by atoms with E-state index in [1.165, 1.54) is 27.7 Å². The number of nitrogens with one attached hydrogen (secondary N) is 12. The molecule has 118 heavy (non-hydrogen) atoms. The van der Waals surface area contributed by atoms with Gasteiger partial charge in [0.1, 0.15) is 31.3 Å². The maximum absolute atomic E-state index is 14.4. The zero-order valence-corrected chi connectivity index (χ0v) is 70.8. The van der Waals surface area contributed by atoms with Crippen LogP contribution in [0.2, 0.25) is 0 Å². The second-order valence-electron chi connectivity index (χ2n) is 26.7. The largest absolute Gasteiger partial charge is 0.379 e. The summed E-state index contributed by atoms with van der Waals surface area (Å²) in [4.78, 5) is 163. The molecule has 12 N–H and O–H groups in total. The average Bonchev–Trinajstić information content (AvgIpc) is 0.880. The zero-order chi connectivity index (χ0) is 86.8. The van der Waals surface area contributed by atoms with Crippen LogP contribution in [0.1, 0.15) is 125 Å². The molecule has 0 bridgehead atoms. The molecular weight excluding hydrogens is 1560 g/mol. The van der Waals surface area contributed by atoms with Crippen molar-refractivity contribution in [3.8, 4) is 0 Å². The molecule has 0 aliphatic heterocycles. The minimum atomic E-state index is -1.16. The van der Waals surface area contributed by atoms with Gasteiger partial charge in [0.2, 0.25) is 70.9 Å². The fourth-order valence-electron chi connectivity index (χ4n) is 9.65. The molecule has 0 aromatic carbocycles. The van der Waals surface area contributed by atoms with Crippen molar-refractivity contribution in [3.63, 3.8) is 0 Å². The summed E-state index contributed by atoms with van der Waals surface area (Å²) in [7, 11) is 0. The summed E-state index contributed by atoms with van der Waals surface area (Å²) in [5.74, 6) is -4.28. The van der Waals surface area contributed by atoms with Gasteiger partial charge in [0.25, 0.3) is 0 Å². The van der Waals surface area contributed by atoms with Crippen molar-refractivity contribution in [2.45, 2.75) is 143 Å². The number of ketones is 1. The van der Waals surface area contributed by atoms with Gasteiger partial charge in [-0.1, -0.05) is 13.8 Å². The van der Waals surface area contributed by atoms with Crippen LogP contribution in [0.5, 0.6) is 0 Å². The normalized spacial score (nSPS) is 11.9. The number of carbonyl (C=O) groups excluding carboxylic acids is 13. The summed E-state index contributed by atoms with van der Waals surface area (Å²) in [5, 5.41) is 33.0. The molecule has 0 radical (unpaired) electrons. The highest BCUT2D eigenvalue weighted by Crippen LogP contribution is 2.09. The van der Waals surface area contributed by atoms with E-state index in [1.807, 2.05) is 0 Å². The molecule has 0 fully saturated rings. The number of amides is 12. The van der Waals surface area contributed by atoms with Gasteiger partial charge in [-0.3, -0.25) is 62.3 Å². The monoisotopic (exact) mass is 1700 g/mol. The number of carbonyl (C=O) groups is 13. The second-order valence-corrected chi connectivity index (χ2v) is 26.7. The first-order valence-corrected chi connectivity index (χ1v) is 41.1. The molecule has 12 amide bonds. The fraction of sp³-hybridized carbons (Fsp3) is 0.831. The third-order valence-electron chi connectivity index (χ3n) is 16.0. The van der Waals surface area contributed by atoms with Crippen LogP contribution >= 0.6 is 0 Å². The highest BCUT2D eigenvalue weighted by atomic mass is 16.6. The van der Waals surface area contributed by atoms with Crippen LogP contribution in [-0.2, 0) is 138 Å². The van der Waals surface area contributed by atoms with Crippen molar-refractivity contribution in [1.82, 2.24) is 63.8 Å². The fourth-order valence-corrected chi connectivity index (χ4v) is 9.65. The molecule has 3 atom stereocenters. The van der Waals surface area contributed by atoms with Crippen LogP contribution in [0.3, 0.4) is 0 Å². The Labute approximate surface area is 695 Å². The van der Waals surface area contributed by atoms with E-state index in [9.17, 15) is 62.3 Å². The van der Waals surface area contributed by atoms with Crippen LogP contribution < -0.4 is 63.8 Å². The molecule has 41 nitrogen and oxygen atoms in total. The Morgan fingerprint density at radius 3 is 0.754 bits per heavy atom. The molecule has 0 rings (SSSR count). The summed E-state index contributed by atoms with van der Waals surface area (Å²) in [5.41, 5.74) is 0. The van der Waals surface area contributed by atoms with Gasteiger partial charge in [-0.25, -0.2) is 0 Å². The molecule has 0 aliphatic carbocycles. The van der Waals surface area contributed by atoms with E-state index >= 15 is 0 Å². The minimum absolute atomic E-state index is 0.000139. The Balaban J connectivity index is 6.11. The lowest BCUT2D eigenvalue weighted by Gasteiger charge is -2.24. The van der Waals surface area contributed by atoms with E-state index in [0.717, 1.165) is 0 Å². The van der Waals surface area contributed by atoms with Gasteiger partial charge in [0.05, 0.1) is 198 Å². The quantitative estimate of drug-likeness (QED) is 0.0272. The number of hydrogen-bond acceptors (Lipinski definition) is 29. The molecule has 684 valence electrons. The van der Waals surface area contributed by atoms with Gasteiger partial charge in [0, 0.05) is 118 Å². The van der Waals surface area contributed by atoms with Crippen molar-refractivity contribution < 1.29 is 138 Å². The van der Waals surface area contributed by atoms with Gasteiger partial charge in [0.15, 0.2) is 5.78 Å². The molecular formula is C77H142N12O29. The van der Waals surface area contributed by atoms with Crippen LogP contribution in [0.4, 0.5) is 0 Å². The first-order valence-electron chi connectivity index (χ1n) is 41.1. The number of hydrogen-bond donors (Lipinski definition) is 12. The lowest BCUT2D eigenvalue weighted by Crippen LogP contribution is -2.54. The van der Waals surface area contributed by atoms with Gasteiger partial charge in [-0.05, 0) is 57.8 Å². The highest BCUT2D eigenvalue weighted by molar-refractivity contribution is 5.92. The summed E-state index contributed by atoms with van der Waals surface area (Å²) in [6.45, 7) is 18.5. The molecule has 3 unspecified atom stereocenters. The summed E-state index contributed by atoms with van der Waals surface area (Å²) >= 11 is 0. The standard InChI is InChI=1S/C77H142N12O29/c1-61(2)69(94)59-117-57-55-111-37-27-84-74(99)60-118-58-56-112-38-28-86-76(101)67(89-77(102)68(88-73(98)19-32-106-42-50-116-54-46-110-36-26-81-65(6)93)15-8-11-21-83-71(96)17-30-104-40-48-114-52-44-108-34-24-79-63(4)91)14-9-12-22-85-75(100)66(87-72(97)18-31-105-41-49-115-53-45-109-35-25-80-64(5)92)13-7-10-20-82-70(95)16-29-103-39-47-113-51-43-107-33-23-78-62(3)90/h61,66-68H,7-60H2,1-6H3,(H,78,90)(H,79,91)(H,80,92)(H,81,93)(H,82,95)(H,83,96)(H,84,99)(H,85,100)(H,86,101)(H,87,97)(H,88,98)(H,89,102). The predicted molar refractivity (Wildman–Crippen MR) is 429 cm³/mol. The first kappa shape index (κ1) is 111. The van der Waals surface area contributed by atoms with Crippen molar-refractivity contribution in [2.75, 3.05) is 270 Å². The minimum Gasteiger partial charge on any atom is -0.379 e. The van der Waals surface area contributed by atoms with E-state index in [-0.39, 0.29) is 263 Å². The Morgan fingerprint density at radius 1 is 0.212 bits per heavy atom. The van der Waals surface area contributed by atoms with Crippen LogP contribution in [-0.4, -0.2) is 365 Å². The molecule has 41 heteroatoms. The summed E-state index contributed by atoms with van der Waals surface area (Å²) < 4.78 is 87.7. The summed E-state index contributed by atoms with van der Waals surface area (Å²) in [6.07, 6.45) is 2.64. The molecule has 0 spiro atoms. The average molecular weight is 1700 g/mol. The van der Waals surface area contributed by atoms with E-state index in [0.29, 0.717) is 144 Å². The second kappa shape index (κ2) is 82.0. The number of ether oxygens (including phenoxy) is 16. The van der Waals surface area contributed by atoms with Crippen LogP contribution in [0, 0.1) is 5.92 Å². The van der Waals surface area contributed by atoms with Crippen LogP contribution in [0.15, 0.2) is 0 Å². The van der Waals surface area contributed by atoms with Gasteiger partial charge in [-0.15, -0.1) is 0 Å². The molecule has 0 saturated heterocycles. The van der Waals surface area contributed by atoms with Crippen molar-refractivity contribution in [3.05, 3.63) is 0 Å². The lowest BCUT2D eigenvalue weighted by molar-refractivity contribution is -0.132. The Bertz CT molecular complexity index is 2650. The zero-order valence-electron chi connectivity index (χ0n) is 70.8. The Hall–Kier alpha value is -7.33. The number of unbranched alkanes of at least 4 members (excludes halogenated alkanes) is 3. The lowest BCUT2D eigenvalue weighted by atomic mass is 10.0. The van der Waals surface area contributed by atoms with Gasteiger partial charge in [-0.2, -0.15) is 0 Å². The Kier molecular flexibility index (Phi) is 76.9. The Morgan fingerprint density at radius 2 is 0.441 bits per heavy atom. The van der Waals surface area contributed by atoms with E-state index in [1.54, 1.807) is 13.8 Å². The van der Waals surface area contributed by atoms with Crippen molar-refractivity contribution in [2.24, 2.45) is 5.92 Å². The first-order chi connectivity index (χ1) is 57.1. The SMILES string of the molecule is CC(=O)NCCOCCOCCOCCC(=O)NCCCCC(NC(=O)CCOCCOCCOCCNC(C)=O)C(=O)NCCCCC(NC(=O)C(CCCCNC(=O)CCOCCOCCOCCNC(C)=O)NC(=O)CCOCCOCCOCCNC(C)=O)C(=O)NCCOCCOCC(=O)NCCOCCOCC(=O)C(C)C. The maximum Gasteiger partial charge on any atom is 0.246 e.